The van der Waals surface area contributed by atoms with Crippen LogP contribution in [0.5, 0.6) is 0 Å². The first-order valence-corrected chi connectivity index (χ1v) is 7.02. The Bertz CT molecular complexity index is 509. The standard InChI is InChI=1S/C11H17N3O2S/c1-13-17(15,16)10-5-3-2-4-9(10)14-11(8-12)6-7-11/h2-5,13-14H,6-8,12H2,1H3. The molecule has 1 saturated carbocycles. The first-order chi connectivity index (χ1) is 8.03. The van der Waals surface area contributed by atoms with Crippen molar-refractivity contribution in [2.24, 2.45) is 5.73 Å². The SMILES string of the molecule is CNS(=O)(=O)c1ccccc1NC1(CN)CC1. The molecule has 1 aromatic rings. The average molecular weight is 255 g/mol. The topological polar surface area (TPSA) is 84.2 Å². The van der Waals surface area contributed by atoms with Crippen LogP contribution in [-0.2, 0) is 10.0 Å². The fourth-order valence-corrected chi connectivity index (χ4v) is 2.62. The van der Waals surface area contributed by atoms with Crippen molar-refractivity contribution in [1.82, 2.24) is 4.72 Å². The molecule has 0 spiro atoms. The third kappa shape index (κ3) is 2.43. The van der Waals surface area contributed by atoms with Crippen molar-refractivity contribution in [1.29, 1.82) is 0 Å². The van der Waals surface area contributed by atoms with E-state index in [1.807, 2.05) is 6.07 Å². The Labute approximate surface area is 101 Å². The van der Waals surface area contributed by atoms with E-state index in [2.05, 4.69) is 10.0 Å². The quantitative estimate of drug-likeness (QED) is 0.715. The Hall–Kier alpha value is -1.11. The highest BCUT2D eigenvalue weighted by Crippen LogP contribution is 2.39. The molecule has 1 fully saturated rings. The van der Waals surface area contributed by atoms with E-state index < -0.39 is 10.0 Å². The fourth-order valence-electron chi connectivity index (χ4n) is 1.73. The van der Waals surface area contributed by atoms with Crippen LogP contribution in [0.1, 0.15) is 12.8 Å². The zero-order valence-electron chi connectivity index (χ0n) is 9.73. The second-order valence-corrected chi connectivity index (χ2v) is 6.17. The summed E-state index contributed by atoms with van der Waals surface area (Å²) in [5.74, 6) is 0. The summed E-state index contributed by atoms with van der Waals surface area (Å²) in [4.78, 5) is 0.266. The lowest BCUT2D eigenvalue weighted by molar-refractivity contribution is 0.588. The van der Waals surface area contributed by atoms with Gasteiger partial charge in [-0.15, -0.1) is 0 Å². The minimum Gasteiger partial charge on any atom is -0.377 e. The minimum absolute atomic E-state index is 0.112. The molecule has 0 aliphatic heterocycles. The molecule has 0 heterocycles. The van der Waals surface area contributed by atoms with Crippen LogP contribution in [0.15, 0.2) is 29.2 Å². The zero-order chi connectivity index (χ0) is 12.5. The van der Waals surface area contributed by atoms with E-state index in [0.717, 1.165) is 12.8 Å². The summed E-state index contributed by atoms with van der Waals surface area (Å²) in [7, 11) is -2.03. The number of hydrogen-bond acceptors (Lipinski definition) is 4. The van der Waals surface area contributed by atoms with Gasteiger partial charge in [-0.05, 0) is 32.0 Å². The van der Waals surface area contributed by atoms with E-state index in [0.29, 0.717) is 12.2 Å². The maximum Gasteiger partial charge on any atom is 0.242 e. The maximum atomic E-state index is 11.8. The molecular formula is C11H17N3O2S. The summed E-state index contributed by atoms with van der Waals surface area (Å²) in [6.45, 7) is 0.515. The molecule has 4 N–H and O–H groups in total. The Balaban J connectivity index is 2.35. The van der Waals surface area contributed by atoms with Crippen LogP contribution in [0.4, 0.5) is 5.69 Å². The van der Waals surface area contributed by atoms with Crippen molar-refractivity contribution in [2.45, 2.75) is 23.3 Å². The largest absolute Gasteiger partial charge is 0.377 e. The number of para-hydroxylation sites is 1. The Morgan fingerprint density at radius 3 is 2.53 bits per heavy atom. The highest BCUT2D eigenvalue weighted by Gasteiger charge is 2.41. The van der Waals surface area contributed by atoms with Crippen LogP contribution >= 0.6 is 0 Å². The van der Waals surface area contributed by atoms with Gasteiger partial charge in [0.2, 0.25) is 10.0 Å². The smallest absolute Gasteiger partial charge is 0.242 e. The molecule has 0 amide bonds. The molecule has 94 valence electrons. The molecule has 1 aliphatic carbocycles. The van der Waals surface area contributed by atoms with Gasteiger partial charge in [0, 0.05) is 12.1 Å². The van der Waals surface area contributed by atoms with Crippen LogP contribution in [0, 0.1) is 0 Å². The molecule has 5 nitrogen and oxygen atoms in total. The van der Waals surface area contributed by atoms with Gasteiger partial charge in [0.25, 0.3) is 0 Å². The summed E-state index contributed by atoms with van der Waals surface area (Å²) < 4.78 is 26.0. The van der Waals surface area contributed by atoms with Crippen molar-refractivity contribution in [3.8, 4) is 0 Å². The Morgan fingerprint density at radius 2 is 2.00 bits per heavy atom. The van der Waals surface area contributed by atoms with Crippen LogP contribution < -0.4 is 15.8 Å². The third-order valence-electron chi connectivity index (χ3n) is 3.09. The number of sulfonamides is 1. The number of hydrogen-bond donors (Lipinski definition) is 3. The molecule has 0 saturated heterocycles. The molecule has 2 rings (SSSR count). The summed E-state index contributed by atoms with van der Waals surface area (Å²) in [5.41, 5.74) is 6.18. The molecule has 0 radical (unpaired) electrons. The second kappa shape index (κ2) is 4.29. The average Bonchev–Trinajstić information content (AvgIpc) is 3.10. The van der Waals surface area contributed by atoms with Crippen LogP contribution in [0.2, 0.25) is 0 Å². The molecular weight excluding hydrogens is 238 g/mol. The minimum atomic E-state index is -3.43. The lowest BCUT2D eigenvalue weighted by Crippen LogP contribution is -2.32. The van der Waals surface area contributed by atoms with Crippen molar-refractivity contribution in [3.63, 3.8) is 0 Å². The first kappa shape index (κ1) is 12.3. The molecule has 1 aliphatic rings. The summed E-state index contributed by atoms with van der Waals surface area (Å²) in [6, 6.07) is 6.86. The predicted molar refractivity (Wildman–Crippen MR) is 67.3 cm³/mol. The Morgan fingerprint density at radius 1 is 1.35 bits per heavy atom. The number of benzene rings is 1. The highest BCUT2D eigenvalue weighted by atomic mass is 32.2. The summed E-state index contributed by atoms with van der Waals surface area (Å²) in [6.07, 6.45) is 1.97. The number of nitrogens with one attached hydrogen (secondary N) is 2. The van der Waals surface area contributed by atoms with Crippen molar-refractivity contribution >= 4 is 15.7 Å². The van der Waals surface area contributed by atoms with E-state index in [1.54, 1.807) is 18.2 Å². The number of rotatable bonds is 5. The molecule has 0 aromatic heterocycles. The molecule has 6 heteroatoms. The monoisotopic (exact) mass is 255 g/mol. The number of nitrogens with two attached hydrogens (primary N) is 1. The van der Waals surface area contributed by atoms with E-state index in [1.165, 1.54) is 7.05 Å². The Kier molecular flexibility index (Phi) is 3.11. The molecule has 0 bridgehead atoms. The molecule has 17 heavy (non-hydrogen) atoms. The van der Waals surface area contributed by atoms with Crippen LogP contribution in [0.3, 0.4) is 0 Å². The van der Waals surface area contributed by atoms with Gasteiger partial charge in [0.15, 0.2) is 0 Å². The first-order valence-electron chi connectivity index (χ1n) is 5.54. The molecule has 0 atom stereocenters. The van der Waals surface area contributed by atoms with Crippen LogP contribution in [0.25, 0.3) is 0 Å². The van der Waals surface area contributed by atoms with Crippen molar-refractivity contribution < 1.29 is 8.42 Å². The van der Waals surface area contributed by atoms with Gasteiger partial charge in [0.1, 0.15) is 4.90 Å². The summed E-state index contributed by atoms with van der Waals surface area (Å²) >= 11 is 0. The van der Waals surface area contributed by atoms with Gasteiger partial charge in [-0.3, -0.25) is 0 Å². The predicted octanol–water partition coefficient (Wildman–Crippen LogP) is 0.498. The third-order valence-corrected chi connectivity index (χ3v) is 4.56. The highest BCUT2D eigenvalue weighted by molar-refractivity contribution is 7.89. The zero-order valence-corrected chi connectivity index (χ0v) is 10.5. The van der Waals surface area contributed by atoms with E-state index >= 15 is 0 Å². The van der Waals surface area contributed by atoms with E-state index in [9.17, 15) is 8.42 Å². The van der Waals surface area contributed by atoms with E-state index in [4.69, 9.17) is 5.73 Å². The van der Waals surface area contributed by atoms with Crippen LogP contribution in [-0.4, -0.2) is 27.5 Å². The lowest BCUT2D eigenvalue weighted by Gasteiger charge is -2.19. The second-order valence-electron chi connectivity index (χ2n) is 4.31. The normalized spacial score (nSPS) is 17.8. The lowest BCUT2D eigenvalue weighted by atomic mass is 10.2. The molecule has 1 aromatic carbocycles. The maximum absolute atomic E-state index is 11.8. The van der Waals surface area contributed by atoms with Gasteiger partial charge in [-0.1, -0.05) is 12.1 Å². The fraction of sp³-hybridized carbons (Fsp3) is 0.455. The van der Waals surface area contributed by atoms with Gasteiger partial charge < -0.3 is 11.1 Å². The van der Waals surface area contributed by atoms with Crippen molar-refractivity contribution in [3.05, 3.63) is 24.3 Å². The van der Waals surface area contributed by atoms with Crippen molar-refractivity contribution in [2.75, 3.05) is 18.9 Å². The van der Waals surface area contributed by atoms with Gasteiger partial charge in [0.05, 0.1) is 5.69 Å². The van der Waals surface area contributed by atoms with Gasteiger partial charge in [-0.2, -0.15) is 0 Å². The van der Waals surface area contributed by atoms with E-state index in [-0.39, 0.29) is 10.4 Å². The summed E-state index contributed by atoms with van der Waals surface area (Å²) in [5, 5.41) is 3.24. The van der Waals surface area contributed by atoms with Gasteiger partial charge in [-0.25, -0.2) is 13.1 Å². The van der Waals surface area contributed by atoms with Gasteiger partial charge >= 0.3 is 0 Å². The molecule has 0 unspecified atom stereocenters. The number of anilines is 1.